The molecule has 1 N–H and O–H groups in total. The third-order valence-corrected chi connectivity index (χ3v) is 5.39. The predicted molar refractivity (Wildman–Crippen MR) is 102 cm³/mol. The number of nitrogens with zero attached hydrogens (tertiary/aromatic N) is 4. The van der Waals surface area contributed by atoms with Crippen LogP contribution >= 0.6 is 22.6 Å². The van der Waals surface area contributed by atoms with E-state index in [1.807, 2.05) is 40.8 Å². The Bertz CT molecular complexity index is 1100. The number of nitriles is 1. The average Bonchev–Trinajstić information content (AvgIpc) is 3.21. The molecule has 0 saturated heterocycles. The third-order valence-electron chi connectivity index (χ3n) is 4.66. The molecule has 7 nitrogen and oxygen atoms in total. The van der Waals surface area contributed by atoms with Gasteiger partial charge in [0.15, 0.2) is 0 Å². The van der Waals surface area contributed by atoms with Gasteiger partial charge in [0.25, 0.3) is 0 Å². The second kappa shape index (κ2) is 6.25. The van der Waals surface area contributed by atoms with Crippen LogP contribution in [-0.2, 0) is 6.42 Å². The van der Waals surface area contributed by atoms with E-state index >= 15 is 0 Å². The van der Waals surface area contributed by atoms with Crippen molar-refractivity contribution < 1.29 is 14.6 Å². The van der Waals surface area contributed by atoms with Gasteiger partial charge in [-0.15, -0.1) is 0 Å². The number of pyridine rings is 1. The highest BCUT2D eigenvalue weighted by Crippen LogP contribution is 2.41. The zero-order chi connectivity index (χ0) is 18.4. The van der Waals surface area contributed by atoms with Gasteiger partial charge in [0.2, 0.25) is 0 Å². The van der Waals surface area contributed by atoms with Crippen molar-refractivity contribution in [3.05, 3.63) is 39.1 Å². The zero-order valence-corrected chi connectivity index (χ0v) is 15.9. The molecule has 0 amide bonds. The van der Waals surface area contributed by atoms with Crippen LogP contribution in [0, 0.1) is 15.0 Å². The van der Waals surface area contributed by atoms with Gasteiger partial charge in [0, 0.05) is 11.6 Å². The van der Waals surface area contributed by atoms with Crippen LogP contribution in [0.5, 0.6) is 5.75 Å². The number of rotatable bonds is 2. The number of benzene rings is 1. The molecule has 0 saturated carbocycles. The van der Waals surface area contributed by atoms with Crippen molar-refractivity contribution >= 4 is 39.7 Å². The van der Waals surface area contributed by atoms with E-state index in [9.17, 15) is 15.2 Å². The standard InChI is InChI=1S/C18H13IN4O3/c1-26-14-7-13-16(17(19)22-23(13)18(24)25)21-15(14)12-4-2-3-10-9(8-20)5-6-11(10)12/h2-4,7,9H,5-6H2,1H3,(H,24,25). The quantitative estimate of drug-likeness (QED) is 0.585. The lowest BCUT2D eigenvalue weighted by molar-refractivity contribution is 0.194. The van der Waals surface area contributed by atoms with Gasteiger partial charge in [-0.05, 0) is 46.6 Å². The van der Waals surface area contributed by atoms with Crippen LogP contribution in [0.2, 0.25) is 0 Å². The van der Waals surface area contributed by atoms with Crippen LogP contribution in [-0.4, -0.2) is 33.1 Å². The molecular weight excluding hydrogens is 447 g/mol. The van der Waals surface area contributed by atoms with Crippen LogP contribution in [0.25, 0.3) is 22.3 Å². The molecule has 1 aliphatic carbocycles. The van der Waals surface area contributed by atoms with Crippen LogP contribution in [0.1, 0.15) is 23.5 Å². The van der Waals surface area contributed by atoms with Crippen LogP contribution in [0.15, 0.2) is 24.3 Å². The summed E-state index contributed by atoms with van der Waals surface area (Å²) in [4.78, 5) is 16.1. The molecule has 1 aromatic carbocycles. The van der Waals surface area contributed by atoms with Gasteiger partial charge >= 0.3 is 6.09 Å². The average molecular weight is 460 g/mol. The van der Waals surface area contributed by atoms with E-state index in [0.717, 1.165) is 34.2 Å². The first-order valence-corrected chi connectivity index (χ1v) is 9.01. The van der Waals surface area contributed by atoms with Crippen LogP contribution in [0.3, 0.4) is 0 Å². The second-order valence-corrected chi connectivity index (χ2v) is 7.01. The molecule has 1 aliphatic rings. The fourth-order valence-electron chi connectivity index (χ4n) is 3.49. The molecule has 0 fully saturated rings. The molecule has 4 rings (SSSR count). The molecule has 1 atom stereocenters. The van der Waals surface area contributed by atoms with Gasteiger partial charge in [0.1, 0.15) is 26.2 Å². The smallest absolute Gasteiger partial charge is 0.432 e. The summed E-state index contributed by atoms with van der Waals surface area (Å²) in [5, 5.41) is 22.7. The Hall–Kier alpha value is -2.67. The lowest BCUT2D eigenvalue weighted by atomic mass is 9.97. The number of hydrogen-bond donors (Lipinski definition) is 1. The number of ether oxygens (including phenoxy) is 1. The minimum atomic E-state index is -1.17. The number of carboxylic acid groups (broad SMARTS) is 1. The Kier molecular flexibility index (Phi) is 4.03. The molecule has 3 aromatic rings. The molecule has 0 spiro atoms. The molecule has 2 heterocycles. The molecule has 26 heavy (non-hydrogen) atoms. The van der Waals surface area contributed by atoms with Gasteiger partial charge in [-0.2, -0.15) is 15.0 Å². The molecule has 130 valence electrons. The van der Waals surface area contributed by atoms with Crippen molar-refractivity contribution in [1.29, 1.82) is 5.26 Å². The third kappa shape index (κ3) is 2.42. The summed E-state index contributed by atoms with van der Waals surface area (Å²) in [6.07, 6.45) is 0.423. The number of aromatic nitrogens is 3. The summed E-state index contributed by atoms with van der Waals surface area (Å²) in [5.74, 6) is 0.375. The Balaban J connectivity index is 1.99. The summed E-state index contributed by atoms with van der Waals surface area (Å²) >= 11 is 1.98. The number of carbonyl (C=O) groups is 1. The van der Waals surface area contributed by atoms with Gasteiger partial charge in [0.05, 0.1) is 19.1 Å². The lowest BCUT2D eigenvalue weighted by Gasteiger charge is -2.12. The first-order chi connectivity index (χ1) is 12.5. The highest BCUT2D eigenvalue weighted by molar-refractivity contribution is 14.1. The van der Waals surface area contributed by atoms with E-state index in [1.54, 1.807) is 6.07 Å². The minimum Gasteiger partial charge on any atom is -0.494 e. The van der Waals surface area contributed by atoms with Crippen LogP contribution in [0.4, 0.5) is 4.79 Å². The molecular formula is C18H13IN4O3. The van der Waals surface area contributed by atoms with E-state index in [4.69, 9.17) is 4.74 Å². The Morgan fingerprint density at radius 2 is 2.31 bits per heavy atom. The van der Waals surface area contributed by atoms with Gasteiger partial charge in [-0.3, -0.25) is 0 Å². The van der Waals surface area contributed by atoms with Gasteiger partial charge < -0.3 is 9.84 Å². The Labute approximate surface area is 162 Å². The molecule has 8 heteroatoms. The lowest BCUT2D eigenvalue weighted by Crippen LogP contribution is -2.09. The molecule has 1 unspecified atom stereocenters. The van der Waals surface area contributed by atoms with E-state index in [1.165, 1.54) is 7.11 Å². The second-order valence-electron chi connectivity index (χ2n) is 5.99. The molecule has 0 aliphatic heterocycles. The predicted octanol–water partition coefficient (Wildman–Crippen LogP) is 3.79. The summed E-state index contributed by atoms with van der Waals surface area (Å²) in [6, 6.07) is 9.86. The summed E-state index contributed by atoms with van der Waals surface area (Å²) in [7, 11) is 1.53. The zero-order valence-electron chi connectivity index (χ0n) is 13.7. The topological polar surface area (TPSA) is 101 Å². The molecule has 2 aromatic heterocycles. The number of fused-ring (bicyclic) bond motifs is 2. The maximum absolute atomic E-state index is 11.4. The monoisotopic (exact) mass is 460 g/mol. The molecule has 0 bridgehead atoms. The fraction of sp³-hybridized carbons (Fsp3) is 0.222. The fourth-order valence-corrected chi connectivity index (χ4v) is 4.10. The van der Waals surface area contributed by atoms with Crippen molar-refractivity contribution in [3.63, 3.8) is 0 Å². The summed E-state index contributed by atoms with van der Waals surface area (Å²) < 4.78 is 6.91. The number of hydrogen-bond acceptors (Lipinski definition) is 5. The SMILES string of the molecule is COc1cc2c(nc1-c1cccc3c1CCC3C#N)c(I)nn2C(=O)O. The van der Waals surface area contributed by atoms with E-state index in [-0.39, 0.29) is 5.92 Å². The largest absolute Gasteiger partial charge is 0.494 e. The van der Waals surface area contributed by atoms with E-state index < -0.39 is 6.09 Å². The highest BCUT2D eigenvalue weighted by Gasteiger charge is 2.27. The number of halogens is 1. The Morgan fingerprint density at radius 3 is 3.00 bits per heavy atom. The van der Waals surface area contributed by atoms with Crippen molar-refractivity contribution in [2.24, 2.45) is 0 Å². The maximum Gasteiger partial charge on any atom is 0.432 e. The maximum atomic E-state index is 11.4. The highest BCUT2D eigenvalue weighted by atomic mass is 127. The van der Waals surface area contributed by atoms with Crippen molar-refractivity contribution in [3.8, 4) is 23.1 Å². The first kappa shape index (κ1) is 16.8. The minimum absolute atomic E-state index is 0.102. The van der Waals surface area contributed by atoms with E-state index in [0.29, 0.717) is 26.2 Å². The van der Waals surface area contributed by atoms with Crippen molar-refractivity contribution in [2.45, 2.75) is 18.8 Å². The first-order valence-electron chi connectivity index (χ1n) is 7.93. The van der Waals surface area contributed by atoms with Crippen molar-refractivity contribution in [2.75, 3.05) is 7.11 Å². The summed E-state index contributed by atoms with van der Waals surface area (Å²) in [6.45, 7) is 0. The molecule has 0 radical (unpaired) electrons. The van der Waals surface area contributed by atoms with E-state index in [2.05, 4.69) is 16.2 Å². The van der Waals surface area contributed by atoms with Crippen LogP contribution < -0.4 is 4.74 Å². The summed E-state index contributed by atoms with van der Waals surface area (Å²) in [5.41, 5.74) is 4.58. The van der Waals surface area contributed by atoms with Gasteiger partial charge in [-0.1, -0.05) is 18.2 Å². The van der Waals surface area contributed by atoms with Crippen molar-refractivity contribution in [1.82, 2.24) is 14.8 Å². The van der Waals surface area contributed by atoms with Gasteiger partial charge in [-0.25, -0.2) is 9.78 Å². The normalized spacial score (nSPS) is 15.7. The number of methoxy groups -OCH3 is 1. The Morgan fingerprint density at radius 1 is 1.50 bits per heavy atom.